The van der Waals surface area contributed by atoms with Crippen molar-refractivity contribution in [3.63, 3.8) is 0 Å². The summed E-state index contributed by atoms with van der Waals surface area (Å²) in [7, 11) is 1.69. The lowest BCUT2D eigenvalue weighted by Gasteiger charge is -2.25. The molecule has 2 aromatic rings. The lowest BCUT2D eigenvalue weighted by atomic mass is 10.2. The zero-order valence-corrected chi connectivity index (χ0v) is 14.4. The maximum Gasteiger partial charge on any atom is 0.242 e. The van der Waals surface area contributed by atoms with Crippen LogP contribution >= 0.6 is 0 Å². The fourth-order valence-corrected chi connectivity index (χ4v) is 2.40. The molecule has 0 spiro atoms. The monoisotopic (exact) mass is 348 g/mol. The van der Waals surface area contributed by atoms with Gasteiger partial charge in [0.15, 0.2) is 5.82 Å². The highest BCUT2D eigenvalue weighted by molar-refractivity contribution is 5.95. The third-order valence-corrected chi connectivity index (χ3v) is 3.62. The number of aryl methyl sites for hydroxylation is 1. The second-order valence-electron chi connectivity index (χ2n) is 5.71. The van der Waals surface area contributed by atoms with E-state index < -0.39 is 6.04 Å². The highest BCUT2D eigenvalue weighted by Crippen LogP contribution is 2.11. The highest BCUT2D eigenvalue weighted by Gasteiger charge is 2.24. The molecule has 0 fully saturated rings. The van der Waals surface area contributed by atoms with Crippen molar-refractivity contribution in [3.8, 4) is 0 Å². The van der Waals surface area contributed by atoms with Crippen molar-refractivity contribution < 1.29 is 18.5 Å². The molecule has 1 atom stereocenters. The maximum atomic E-state index is 12.9. The summed E-state index contributed by atoms with van der Waals surface area (Å²) in [5.74, 6) is -0.00746. The lowest BCUT2D eigenvalue weighted by Crippen LogP contribution is -2.44. The van der Waals surface area contributed by atoms with Gasteiger partial charge in [-0.05, 0) is 44.7 Å². The summed E-state index contributed by atoms with van der Waals surface area (Å²) in [6.45, 7) is 3.60. The fourth-order valence-electron chi connectivity index (χ4n) is 2.40. The minimum atomic E-state index is -0.504. The Hall–Kier alpha value is -2.74. The molecule has 1 aromatic heterocycles. The van der Waals surface area contributed by atoms with Gasteiger partial charge in [0.1, 0.15) is 11.6 Å². The summed E-state index contributed by atoms with van der Waals surface area (Å²) in [6, 6.07) is 6.60. The minimum absolute atomic E-state index is 0.0150. The van der Waals surface area contributed by atoms with Gasteiger partial charge in [0.05, 0.1) is 12.6 Å². The van der Waals surface area contributed by atoms with Crippen LogP contribution in [0, 0.1) is 12.7 Å². The Morgan fingerprint density at radius 2 is 1.96 bits per heavy atom. The summed E-state index contributed by atoms with van der Waals surface area (Å²) in [5, 5.41) is 9.05. The molecule has 2 amide bonds. The van der Waals surface area contributed by atoms with E-state index in [-0.39, 0.29) is 24.2 Å². The molecule has 0 aliphatic heterocycles. The first kappa shape index (κ1) is 18.6. The van der Waals surface area contributed by atoms with Crippen molar-refractivity contribution in [1.82, 2.24) is 10.1 Å². The van der Waals surface area contributed by atoms with E-state index in [1.54, 1.807) is 24.9 Å². The number of nitrogens with zero attached hydrogens (tertiary/aromatic N) is 2. The molecule has 0 bridgehead atoms. The van der Waals surface area contributed by atoms with Crippen LogP contribution in [0.1, 0.15) is 19.1 Å². The minimum Gasteiger partial charge on any atom is -0.360 e. The van der Waals surface area contributed by atoms with Crippen molar-refractivity contribution in [2.75, 3.05) is 24.2 Å². The lowest BCUT2D eigenvalue weighted by molar-refractivity contribution is -0.123. The van der Waals surface area contributed by atoms with Gasteiger partial charge in [0.25, 0.3) is 0 Å². The smallest absolute Gasteiger partial charge is 0.242 e. The Labute approximate surface area is 145 Å². The Bertz CT molecular complexity index is 730. The normalized spacial score (nSPS) is 12.0. The predicted octanol–water partition coefficient (Wildman–Crippen LogP) is 2.41. The van der Waals surface area contributed by atoms with Gasteiger partial charge in [-0.15, -0.1) is 0 Å². The van der Waals surface area contributed by atoms with E-state index in [0.717, 1.165) is 0 Å². The van der Waals surface area contributed by atoms with E-state index in [1.165, 1.54) is 24.3 Å². The number of hydrogen-bond donors (Lipinski definition) is 2. The largest absolute Gasteiger partial charge is 0.360 e. The number of nitrogens with one attached hydrogen (secondary N) is 2. The van der Waals surface area contributed by atoms with Gasteiger partial charge in [-0.3, -0.25) is 14.5 Å². The molecule has 2 N–H and O–H groups in total. The summed E-state index contributed by atoms with van der Waals surface area (Å²) >= 11 is 0. The van der Waals surface area contributed by atoms with E-state index in [1.807, 2.05) is 6.92 Å². The molecule has 0 saturated carbocycles. The van der Waals surface area contributed by atoms with Crippen molar-refractivity contribution in [1.29, 1.82) is 0 Å². The number of rotatable bonds is 7. The number of anilines is 2. The molecule has 8 heteroatoms. The molecule has 0 aliphatic carbocycles. The standard InChI is InChI=1S/C17H21FN4O3/c1-4-14(17(24)20-15-9-11(2)25-21-15)22(3)10-16(23)19-13-7-5-12(18)6-8-13/h5-9,14H,4,10H2,1-3H3,(H,19,23)(H,20,21,24)/t14-/m0/s1. The highest BCUT2D eigenvalue weighted by atomic mass is 19.1. The molecule has 1 aromatic carbocycles. The number of aromatic nitrogens is 1. The molecular weight excluding hydrogens is 327 g/mol. The van der Waals surface area contributed by atoms with Gasteiger partial charge in [-0.25, -0.2) is 4.39 Å². The average molecular weight is 348 g/mol. The predicted molar refractivity (Wildman–Crippen MR) is 91.6 cm³/mol. The van der Waals surface area contributed by atoms with Crippen LogP contribution in [0.15, 0.2) is 34.9 Å². The van der Waals surface area contributed by atoms with Crippen molar-refractivity contribution >= 4 is 23.3 Å². The molecular formula is C17H21FN4O3. The van der Waals surface area contributed by atoms with E-state index in [4.69, 9.17) is 4.52 Å². The summed E-state index contributed by atoms with van der Waals surface area (Å²) in [5.41, 5.74) is 0.496. The Kier molecular flexibility index (Phi) is 6.24. The van der Waals surface area contributed by atoms with Crippen molar-refractivity contribution in [2.45, 2.75) is 26.3 Å². The quantitative estimate of drug-likeness (QED) is 0.802. The second kappa shape index (κ2) is 8.39. The first-order chi connectivity index (χ1) is 11.9. The number of likely N-dealkylation sites (N-methyl/N-ethyl adjacent to an activating group) is 1. The van der Waals surface area contributed by atoms with Gasteiger partial charge in [-0.1, -0.05) is 12.1 Å². The maximum absolute atomic E-state index is 12.9. The Morgan fingerprint density at radius 1 is 1.28 bits per heavy atom. The molecule has 0 unspecified atom stereocenters. The van der Waals surface area contributed by atoms with E-state index in [2.05, 4.69) is 15.8 Å². The molecule has 25 heavy (non-hydrogen) atoms. The number of benzene rings is 1. The summed E-state index contributed by atoms with van der Waals surface area (Å²) in [4.78, 5) is 26.1. The average Bonchev–Trinajstić information content (AvgIpc) is 2.95. The zero-order valence-electron chi connectivity index (χ0n) is 14.4. The van der Waals surface area contributed by atoms with Crippen LogP contribution < -0.4 is 10.6 Å². The first-order valence-electron chi connectivity index (χ1n) is 7.89. The van der Waals surface area contributed by atoms with Crippen LogP contribution in [-0.4, -0.2) is 41.5 Å². The van der Waals surface area contributed by atoms with Gasteiger partial charge in [0, 0.05) is 11.8 Å². The summed E-state index contributed by atoms with van der Waals surface area (Å²) < 4.78 is 17.8. The van der Waals surface area contributed by atoms with Gasteiger partial charge in [0.2, 0.25) is 11.8 Å². The van der Waals surface area contributed by atoms with Crippen LogP contribution in [0.3, 0.4) is 0 Å². The van der Waals surface area contributed by atoms with Crippen LogP contribution in [0.5, 0.6) is 0 Å². The molecule has 2 rings (SSSR count). The van der Waals surface area contributed by atoms with Crippen molar-refractivity contribution in [2.24, 2.45) is 0 Å². The second-order valence-corrected chi connectivity index (χ2v) is 5.71. The molecule has 0 aliphatic rings. The molecule has 7 nitrogen and oxygen atoms in total. The van der Waals surface area contributed by atoms with E-state index in [9.17, 15) is 14.0 Å². The number of hydrogen-bond acceptors (Lipinski definition) is 5. The fraction of sp³-hybridized carbons (Fsp3) is 0.353. The molecule has 0 radical (unpaired) electrons. The number of amides is 2. The van der Waals surface area contributed by atoms with Gasteiger partial charge in [-0.2, -0.15) is 0 Å². The first-order valence-corrected chi connectivity index (χ1v) is 7.89. The third kappa shape index (κ3) is 5.39. The zero-order chi connectivity index (χ0) is 18.4. The molecule has 0 saturated heterocycles. The number of carbonyl (C=O) groups excluding carboxylic acids is 2. The van der Waals surface area contributed by atoms with Crippen LogP contribution in [-0.2, 0) is 9.59 Å². The topological polar surface area (TPSA) is 87.5 Å². The molecule has 1 heterocycles. The summed E-state index contributed by atoms with van der Waals surface area (Å²) in [6.07, 6.45) is 0.517. The Morgan fingerprint density at radius 3 is 2.52 bits per heavy atom. The molecule has 134 valence electrons. The Balaban J connectivity index is 1.91. The SMILES string of the molecule is CC[C@@H](C(=O)Nc1cc(C)on1)N(C)CC(=O)Nc1ccc(F)cc1. The van der Waals surface area contributed by atoms with Crippen LogP contribution in [0.2, 0.25) is 0 Å². The number of carbonyl (C=O) groups is 2. The van der Waals surface area contributed by atoms with E-state index >= 15 is 0 Å². The van der Waals surface area contributed by atoms with E-state index in [0.29, 0.717) is 23.7 Å². The van der Waals surface area contributed by atoms with Gasteiger partial charge < -0.3 is 15.2 Å². The van der Waals surface area contributed by atoms with Crippen LogP contribution in [0.25, 0.3) is 0 Å². The number of halogens is 1. The van der Waals surface area contributed by atoms with Crippen molar-refractivity contribution in [3.05, 3.63) is 41.9 Å². The van der Waals surface area contributed by atoms with Gasteiger partial charge >= 0.3 is 0 Å². The third-order valence-electron chi connectivity index (χ3n) is 3.62. The van der Waals surface area contributed by atoms with Crippen LogP contribution in [0.4, 0.5) is 15.9 Å².